The molecule has 0 spiro atoms. The van der Waals surface area contributed by atoms with Crippen molar-refractivity contribution in [2.75, 3.05) is 33.9 Å². The van der Waals surface area contributed by atoms with Crippen LogP contribution >= 0.6 is 0 Å². The molecule has 0 fully saturated rings. The highest BCUT2D eigenvalue weighted by molar-refractivity contribution is 5.32. The first-order valence-corrected chi connectivity index (χ1v) is 7.66. The molecule has 0 saturated carbocycles. The van der Waals surface area contributed by atoms with Crippen molar-refractivity contribution in [3.8, 4) is 17.4 Å². The van der Waals surface area contributed by atoms with Gasteiger partial charge < -0.3 is 14.2 Å². The van der Waals surface area contributed by atoms with Crippen molar-refractivity contribution in [3.63, 3.8) is 0 Å². The summed E-state index contributed by atoms with van der Waals surface area (Å²) in [6.45, 7) is 3.26. The second-order valence-corrected chi connectivity index (χ2v) is 5.36. The van der Waals surface area contributed by atoms with Crippen LogP contribution in [0.25, 0.3) is 0 Å². The topological polar surface area (TPSA) is 56.7 Å². The highest BCUT2D eigenvalue weighted by Crippen LogP contribution is 2.24. The van der Waals surface area contributed by atoms with Crippen LogP contribution in [0, 0.1) is 0 Å². The highest BCUT2D eigenvalue weighted by Gasteiger charge is 2.21. The van der Waals surface area contributed by atoms with Crippen LogP contribution in [0.15, 0.2) is 30.6 Å². The fourth-order valence-electron chi connectivity index (χ4n) is 2.70. The van der Waals surface area contributed by atoms with Gasteiger partial charge in [0.1, 0.15) is 24.4 Å². The van der Waals surface area contributed by atoms with Crippen LogP contribution in [0.5, 0.6) is 17.4 Å². The molecule has 0 atom stereocenters. The van der Waals surface area contributed by atoms with E-state index in [-0.39, 0.29) is 0 Å². The summed E-state index contributed by atoms with van der Waals surface area (Å²) in [6, 6.07) is 7.63. The normalized spacial score (nSPS) is 14.2. The average molecular weight is 315 g/mol. The minimum absolute atomic E-state index is 0.637. The summed E-state index contributed by atoms with van der Waals surface area (Å²) in [5.41, 5.74) is 2.18. The van der Waals surface area contributed by atoms with Crippen LogP contribution in [0.1, 0.15) is 11.3 Å². The highest BCUT2D eigenvalue weighted by atomic mass is 16.5. The van der Waals surface area contributed by atoms with Gasteiger partial charge in [0, 0.05) is 31.6 Å². The van der Waals surface area contributed by atoms with E-state index in [0.717, 1.165) is 48.8 Å². The Morgan fingerprint density at radius 2 is 1.83 bits per heavy atom. The predicted molar refractivity (Wildman–Crippen MR) is 86.1 cm³/mol. The Morgan fingerprint density at radius 3 is 2.57 bits per heavy atom. The van der Waals surface area contributed by atoms with Gasteiger partial charge in [0.05, 0.1) is 19.9 Å². The molecule has 6 nitrogen and oxygen atoms in total. The molecule has 2 aromatic rings. The van der Waals surface area contributed by atoms with Crippen LogP contribution in [-0.2, 0) is 13.0 Å². The Kier molecular flexibility index (Phi) is 4.92. The van der Waals surface area contributed by atoms with E-state index >= 15 is 0 Å². The SMILES string of the molecule is COc1ccc(OCCN2CCc3ncnc(OC)c3C2)cc1. The molecular weight excluding hydrogens is 294 g/mol. The maximum absolute atomic E-state index is 5.79. The van der Waals surface area contributed by atoms with Gasteiger partial charge in [0.25, 0.3) is 0 Å². The van der Waals surface area contributed by atoms with Crippen LogP contribution in [-0.4, -0.2) is 48.8 Å². The summed E-state index contributed by atoms with van der Waals surface area (Å²) >= 11 is 0. The fourth-order valence-corrected chi connectivity index (χ4v) is 2.70. The zero-order valence-corrected chi connectivity index (χ0v) is 13.5. The summed E-state index contributed by atoms with van der Waals surface area (Å²) < 4.78 is 16.3. The predicted octanol–water partition coefficient (Wildman–Crippen LogP) is 1.93. The molecule has 0 bridgehead atoms. The molecular formula is C17H21N3O3. The Morgan fingerprint density at radius 1 is 1.04 bits per heavy atom. The Balaban J connectivity index is 1.53. The Bertz CT molecular complexity index is 632. The number of nitrogens with zero attached hydrogens (tertiary/aromatic N) is 3. The summed E-state index contributed by atoms with van der Waals surface area (Å²) in [7, 11) is 3.30. The van der Waals surface area contributed by atoms with Gasteiger partial charge in [-0.1, -0.05) is 0 Å². The van der Waals surface area contributed by atoms with E-state index in [4.69, 9.17) is 14.2 Å². The molecule has 3 rings (SSSR count). The molecule has 6 heteroatoms. The minimum atomic E-state index is 0.637. The summed E-state index contributed by atoms with van der Waals surface area (Å²) in [6.07, 6.45) is 2.48. The van der Waals surface area contributed by atoms with Gasteiger partial charge >= 0.3 is 0 Å². The molecule has 122 valence electrons. The first-order chi connectivity index (χ1) is 11.3. The number of fused-ring (bicyclic) bond motifs is 1. The van der Waals surface area contributed by atoms with Crippen LogP contribution < -0.4 is 14.2 Å². The van der Waals surface area contributed by atoms with Crippen molar-refractivity contribution in [3.05, 3.63) is 41.9 Å². The smallest absolute Gasteiger partial charge is 0.220 e. The molecule has 0 unspecified atom stereocenters. The number of ether oxygens (including phenoxy) is 3. The standard InChI is InChI=1S/C17H21N3O3/c1-21-13-3-5-14(6-4-13)23-10-9-20-8-7-16-15(11-20)17(22-2)19-12-18-16/h3-6,12H,7-11H2,1-2H3. The first-order valence-electron chi connectivity index (χ1n) is 7.66. The average Bonchev–Trinajstić information content (AvgIpc) is 2.61. The number of benzene rings is 1. The number of hydrogen-bond donors (Lipinski definition) is 0. The molecule has 23 heavy (non-hydrogen) atoms. The number of aromatic nitrogens is 2. The van der Waals surface area contributed by atoms with Gasteiger partial charge in [-0.3, -0.25) is 4.90 Å². The second-order valence-electron chi connectivity index (χ2n) is 5.36. The zero-order valence-electron chi connectivity index (χ0n) is 13.5. The van der Waals surface area contributed by atoms with Crippen LogP contribution in [0.4, 0.5) is 0 Å². The van der Waals surface area contributed by atoms with E-state index in [1.54, 1.807) is 20.5 Å². The molecule has 1 aromatic heterocycles. The quantitative estimate of drug-likeness (QED) is 0.812. The van der Waals surface area contributed by atoms with Gasteiger partial charge in [-0.2, -0.15) is 0 Å². The van der Waals surface area contributed by atoms with Crippen molar-refractivity contribution < 1.29 is 14.2 Å². The summed E-state index contributed by atoms with van der Waals surface area (Å²) in [5.74, 6) is 2.36. The molecule has 2 heterocycles. The van der Waals surface area contributed by atoms with E-state index in [9.17, 15) is 0 Å². The largest absolute Gasteiger partial charge is 0.497 e. The first kappa shape index (κ1) is 15.6. The Hall–Kier alpha value is -2.34. The van der Waals surface area contributed by atoms with E-state index in [0.29, 0.717) is 12.5 Å². The third-order valence-corrected chi connectivity index (χ3v) is 3.97. The molecule has 0 radical (unpaired) electrons. The van der Waals surface area contributed by atoms with E-state index in [1.807, 2.05) is 24.3 Å². The zero-order chi connectivity index (χ0) is 16.1. The number of methoxy groups -OCH3 is 2. The monoisotopic (exact) mass is 315 g/mol. The van der Waals surface area contributed by atoms with Crippen molar-refractivity contribution in [1.29, 1.82) is 0 Å². The van der Waals surface area contributed by atoms with Gasteiger partial charge in [-0.05, 0) is 24.3 Å². The summed E-state index contributed by atoms with van der Waals surface area (Å²) in [4.78, 5) is 10.9. The van der Waals surface area contributed by atoms with Gasteiger partial charge in [0.2, 0.25) is 5.88 Å². The van der Waals surface area contributed by atoms with Crippen LogP contribution in [0.3, 0.4) is 0 Å². The minimum Gasteiger partial charge on any atom is -0.497 e. The third kappa shape index (κ3) is 3.71. The lowest BCUT2D eigenvalue weighted by atomic mass is 10.1. The maximum Gasteiger partial charge on any atom is 0.220 e. The molecule has 0 aliphatic carbocycles. The molecule has 0 N–H and O–H groups in total. The molecule has 1 aliphatic heterocycles. The van der Waals surface area contributed by atoms with E-state index in [2.05, 4.69) is 14.9 Å². The fraction of sp³-hybridized carbons (Fsp3) is 0.412. The molecule has 0 amide bonds. The number of hydrogen-bond acceptors (Lipinski definition) is 6. The van der Waals surface area contributed by atoms with Crippen molar-refractivity contribution in [2.24, 2.45) is 0 Å². The molecule has 1 aliphatic rings. The molecule has 0 saturated heterocycles. The van der Waals surface area contributed by atoms with Gasteiger partial charge in [-0.15, -0.1) is 0 Å². The third-order valence-electron chi connectivity index (χ3n) is 3.97. The lowest BCUT2D eigenvalue weighted by Gasteiger charge is -2.28. The van der Waals surface area contributed by atoms with Crippen molar-refractivity contribution in [1.82, 2.24) is 14.9 Å². The van der Waals surface area contributed by atoms with Crippen molar-refractivity contribution >= 4 is 0 Å². The number of rotatable bonds is 6. The lowest BCUT2D eigenvalue weighted by molar-refractivity contribution is 0.192. The van der Waals surface area contributed by atoms with Gasteiger partial charge in [-0.25, -0.2) is 9.97 Å². The van der Waals surface area contributed by atoms with E-state index < -0.39 is 0 Å². The lowest BCUT2D eigenvalue weighted by Crippen LogP contribution is -2.34. The van der Waals surface area contributed by atoms with Gasteiger partial charge in [0.15, 0.2) is 0 Å². The summed E-state index contributed by atoms with van der Waals surface area (Å²) in [5, 5.41) is 0. The maximum atomic E-state index is 5.79. The molecule has 1 aromatic carbocycles. The second kappa shape index (κ2) is 7.28. The van der Waals surface area contributed by atoms with Crippen LogP contribution in [0.2, 0.25) is 0 Å². The van der Waals surface area contributed by atoms with E-state index in [1.165, 1.54) is 0 Å². The van der Waals surface area contributed by atoms with Crippen molar-refractivity contribution in [2.45, 2.75) is 13.0 Å². The Labute approximate surface area is 136 Å².